The molecule has 1 amide bonds. The normalized spacial score (nSPS) is 22.4. The summed E-state index contributed by atoms with van der Waals surface area (Å²) in [5.74, 6) is 0.780. The summed E-state index contributed by atoms with van der Waals surface area (Å²) in [6.07, 6.45) is 4.00. The van der Waals surface area contributed by atoms with Crippen molar-refractivity contribution < 1.29 is 4.79 Å². The van der Waals surface area contributed by atoms with Crippen LogP contribution in [0.3, 0.4) is 0 Å². The van der Waals surface area contributed by atoms with Crippen LogP contribution in [-0.4, -0.2) is 42.5 Å². The molecule has 1 saturated heterocycles. The van der Waals surface area contributed by atoms with E-state index in [1.165, 1.54) is 12.8 Å². The summed E-state index contributed by atoms with van der Waals surface area (Å²) in [5, 5.41) is 2.94. The van der Waals surface area contributed by atoms with E-state index < -0.39 is 0 Å². The van der Waals surface area contributed by atoms with Crippen LogP contribution in [-0.2, 0) is 4.79 Å². The second-order valence-electron chi connectivity index (χ2n) is 5.64. The lowest BCUT2D eigenvalue weighted by molar-refractivity contribution is -0.122. The number of nitrogens with zero attached hydrogens (tertiary/aromatic N) is 1. The summed E-state index contributed by atoms with van der Waals surface area (Å²) in [4.78, 5) is 14.3. The van der Waals surface area contributed by atoms with Gasteiger partial charge < -0.3 is 11.1 Å². The number of carbonyl (C=O) groups is 1. The Labute approximate surface area is 111 Å². The molecule has 2 unspecified atom stereocenters. The Kier molecular flexibility index (Phi) is 6.65. The number of carbonyl (C=O) groups excluding carboxylic acids is 1. The maximum absolute atomic E-state index is 11.8. The van der Waals surface area contributed by atoms with E-state index in [0.717, 1.165) is 19.5 Å². The molecule has 1 aliphatic rings. The summed E-state index contributed by atoms with van der Waals surface area (Å²) in [6, 6.07) is 0.800. The average molecular weight is 255 g/mol. The van der Waals surface area contributed by atoms with Gasteiger partial charge in [-0.2, -0.15) is 0 Å². The number of likely N-dealkylation sites (tertiary alicyclic amines) is 1. The molecule has 3 N–H and O–H groups in total. The fourth-order valence-corrected chi connectivity index (χ4v) is 2.87. The second-order valence-corrected chi connectivity index (χ2v) is 5.64. The first kappa shape index (κ1) is 15.4. The number of rotatable bonds is 7. The third kappa shape index (κ3) is 4.25. The van der Waals surface area contributed by atoms with E-state index in [1.54, 1.807) is 0 Å². The Morgan fingerprint density at radius 1 is 1.50 bits per heavy atom. The highest BCUT2D eigenvalue weighted by Gasteiger charge is 2.32. The van der Waals surface area contributed by atoms with Crippen molar-refractivity contribution in [2.24, 2.45) is 11.7 Å². The first-order valence-electron chi connectivity index (χ1n) is 7.32. The van der Waals surface area contributed by atoms with E-state index >= 15 is 0 Å². The lowest BCUT2D eigenvalue weighted by Crippen LogP contribution is -2.47. The van der Waals surface area contributed by atoms with Gasteiger partial charge in [-0.15, -0.1) is 0 Å². The van der Waals surface area contributed by atoms with Gasteiger partial charge in [0.25, 0.3) is 0 Å². The van der Waals surface area contributed by atoms with E-state index in [2.05, 4.69) is 31.0 Å². The van der Waals surface area contributed by atoms with Gasteiger partial charge in [-0.1, -0.05) is 20.8 Å². The van der Waals surface area contributed by atoms with Crippen molar-refractivity contribution in [3.05, 3.63) is 0 Å². The van der Waals surface area contributed by atoms with Crippen molar-refractivity contribution in [2.75, 3.05) is 19.6 Å². The molecule has 4 nitrogen and oxygen atoms in total. The van der Waals surface area contributed by atoms with Crippen molar-refractivity contribution >= 4 is 5.91 Å². The van der Waals surface area contributed by atoms with Crippen molar-refractivity contribution in [1.29, 1.82) is 0 Å². The number of nitrogens with one attached hydrogen (secondary N) is 1. The SMILES string of the molecule is CCCNC(=O)CC(CN)N1CCCC1C(C)C. The molecule has 0 saturated carbocycles. The Balaban J connectivity index is 2.51. The van der Waals surface area contributed by atoms with Crippen LogP contribution in [0.4, 0.5) is 0 Å². The molecule has 1 rings (SSSR count). The maximum atomic E-state index is 11.8. The molecule has 1 aliphatic heterocycles. The molecule has 106 valence electrons. The minimum absolute atomic E-state index is 0.140. The summed E-state index contributed by atoms with van der Waals surface area (Å²) < 4.78 is 0. The van der Waals surface area contributed by atoms with Gasteiger partial charge in [0.05, 0.1) is 0 Å². The summed E-state index contributed by atoms with van der Waals surface area (Å²) >= 11 is 0. The van der Waals surface area contributed by atoms with Crippen molar-refractivity contribution in [1.82, 2.24) is 10.2 Å². The smallest absolute Gasteiger partial charge is 0.221 e. The van der Waals surface area contributed by atoms with Gasteiger partial charge in [-0.3, -0.25) is 9.69 Å². The number of nitrogens with two attached hydrogens (primary N) is 1. The molecule has 1 heterocycles. The zero-order valence-electron chi connectivity index (χ0n) is 12.1. The van der Waals surface area contributed by atoms with E-state index in [1.807, 2.05) is 0 Å². The minimum Gasteiger partial charge on any atom is -0.356 e. The van der Waals surface area contributed by atoms with E-state index in [0.29, 0.717) is 24.9 Å². The molecule has 0 aliphatic carbocycles. The molecule has 0 bridgehead atoms. The van der Waals surface area contributed by atoms with Crippen LogP contribution < -0.4 is 11.1 Å². The topological polar surface area (TPSA) is 58.4 Å². The molecule has 0 radical (unpaired) electrons. The largest absolute Gasteiger partial charge is 0.356 e. The minimum atomic E-state index is 0.140. The summed E-state index contributed by atoms with van der Waals surface area (Å²) in [5.41, 5.74) is 5.87. The number of hydrogen-bond donors (Lipinski definition) is 2. The van der Waals surface area contributed by atoms with Crippen LogP contribution in [0.1, 0.15) is 46.5 Å². The van der Waals surface area contributed by atoms with Gasteiger partial charge in [0, 0.05) is 31.6 Å². The van der Waals surface area contributed by atoms with Crippen LogP contribution >= 0.6 is 0 Å². The molecule has 0 spiro atoms. The first-order valence-corrected chi connectivity index (χ1v) is 7.32. The molecule has 18 heavy (non-hydrogen) atoms. The van der Waals surface area contributed by atoms with Gasteiger partial charge >= 0.3 is 0 Å². The number of amides is 1. The Morgan fingerprint density at radius 3 is 2.78 bits per heavy atom. The fraction of sp³-hybridized carbons (Fsp3) is 0.929. The van der Waals surface area contributed by atoms with E-state index in [4.69, 9.17) is 5.73 Å². The van der Waals surface area contributed by atoms with E-state index in [9.17, 15) is 4.79 Å². The molecule has 0 aromatic rings. The van der Waals surface area contributed by atoms with Gasteiger partial charge in [-0.05, 0) is 31.7 Å². The van der Waals surface area contributed by atoms with Crippen molar-refractivity contribution in [3.8, 4) is 0 Å². The molecular weight excluding hydrogens is 226 g/mol. The van der Waals surface area contributed by atoms with Crippen molar-refractivity contribution in [3.63, 3.8) is 0 Å². The van der Waals surface area contributed by atoms with Gasteiger partial charge in [0.15, 0.2) is 0 Å². The van der Waals surface area contributed by atoms with Crippen LogP contribution in [0.15, 0.2) is 0 Å². The highest BCUT2D eigenvalue weighted by molar-refractivity contribution is 5.76. The highest BCUT2D eigenvalue weighted by Crippen LogP contribution is 2.26. The quantitative estimate of drug-likeness (QED) is 0.722. The first-order chi connectivity index (χ1) is 8.60. The third-order valence-corrected chi connectivity index (χ3v) is 3.85. The van der Waals surface area contributed by atoms with Gasteiger partial charge in [-0.25, -0.2) is 0 Å². The molecule has 0 aromatic carbocycles. The zero-order chi connectivity index (χ0) is 13.5. The van der Waals surface area contributed by atoms with Crippen LogP contribution in [0.5, 0.6) is 0 Å². The van der Waals surface area contributed by atoms with Gasteiger partial charge in [0.1, 0.15) is 0 Å². The predicted molar refractivity (Wildman–Crippen MR) is 75.3 cm³/mol. The van der Waals surface area contributed by atoms with Crippen LogP contribution in [0.25, 0.3) is 0 Å². The third-order valence-electron chi connectivity index (χ3n) is 3.85. The standard InChI is InChI=1S/C14H29N3O/c1-4-7-16-14(18)9-12(10-15)17-8-5-6-13(17)11(2)3/h11-13H,4-10,15H2,1-3H3,(H,16,18). The molecular formula is C14H29N3O. The number of hydrogen-bond acceptors (Lipinski definition) is 3. The maximum Gasteiger partial charge on any atom is 0.221 e. The average Bonchev–Trinajstić information content (AvgIpc) is 2.82. The zero-order valence-corrected chi connectivity index (χ0v) is 12.1. The summed E-state index contributed by atoms with van der Waals surface area (Å²) in [7, 11) is 0. The van der Waals surface area contributed by atoms with E-state index in [-0.39, 0.29) is 11.9 Å². The Morgan fingerprint density at radius 2 is 2.22 bits per heavy atom. The lowest BCUT2D eigenvalue weighted by Gasteiger charge is -2.34. The Bertz CT molecular complexity index is 255. The fourth-order valence-electron chi connectivity index (χ4n) is 2.87. The molecule has 0 aromatic heterocycles. The molecule has 2 atom stereocenters. The molecule has 4 heteroatoms. The monoisotopic (exact) mass is 255 g/mol. The van der Waals surface area contributed by atoms with Crippen molar-refractivity contribution in [2.45, 2.75) is 58.5 Å². The Hall–Kier alpha value is -0.610. The second kappa shape index (κ2) is 7.74. The van der Waals surface area contributed by atoms with Gasteiger partial charge in [0.2, 0.25) is 5.91 Å². The highest BCUT2D eigenvalue weighted by atomic mass is 16.1. The van der Waals surface area contributed by atoms with Crippen LogP contribution in [0, 0.1) is 5.92 Å². The lowest BCUT2D eigenvalue weighted by atomic mass is 10.00. The predicted octanol–water partition coefficient (Wildman–Crippen LogP) is 1.35. The van der Waals surface area contributed by atoms with Crippen LogP contribution in [0.2, 0.25) is 0 Å². The molecule has 1 fully saturated rings. The summed E-state index contributed by atoms with van der Waals surface area (Å²) in [6.45, 7) is 9.01.